The molecule has 0 unspecified atom stereocenters. The maximum absolute atomic E-state index is 14.9. The Bertz CT molecular complexity index is 1870. The van der Waals surface area contributed by atoms with Crippen LogP contribution in [-0.4, -0.2) is 35.0 Å². The van der Waals surface area contributed by atoms with E-state index in [2.05, 4.69) is 5.32 Å². The van der Waals surface area contributed by atoms with Gasteiger partial charge >= 0.3 is 0 Å². The number of hydrogen-bond donors (Lipinski definition) is 1. The number of benzene rings is 4. The van der Waals surface area contributed by atoms with E-state index in [0.29, 0.717) is 16.8 Å². The average Bonchev–Trinajstić information content (AvgIpc) is 3.52. The molecule has 3 aliphatic heterocycles. The maximum atomic E-state index is 14.9. The predicted molar refractivity (Wildman–Crippen MR) is 161 cm³/mol. The van der Waals surface area contributed by atoms with Gasteiger partial charge < -0.3 is 15.0 Å². The Labute approximate surface area is 249 Å². The van der Waals surface area contributed by atoms with Crippen LogP contribution in [0.2, 0.25) is 0 Å². The number of ether oxygens (including phenoxy) is 1. The van der Waals surface area contributed by atoms with Gasteiger partial charge in [-0.2, -0.15) is 5.26 Å². The third-order valence-electron chi connectivity index (χ3n) is 8.90. The summed E-state index contributed by atoms with van der Waals surface area (Å²) in [6, 6.07) is 29.5. The Balaban J connectivity index is 1.52. The van der Waals surface area contributed by atoms with Crippen molar-refractivity contribution in [2.45, 2.75) is 24.4 Å². The molecule has 3 aliphatic rings. The lowest BCUT2D eigenvalue weighted by Crippen LogP contribution is -2.49. The van der Waals surface area contributed by atoms with E-state index in [1.165, 1.54) is 0 Å². The van der Waals surface area contributed by atoms with Crippen molar-refractivity contribution >= 4 is 29.2 Å². The fourth-order valence-electron chi connectivity index (χ4n) is 7.13. The molecule has 0 aliphatic carbocycles. The zero-order valence-corrected chi connectivity index (χ0v) is 23.4. The second kappa shape index (κ2) is 10.1. The lowest BCUT2D eigenvalue weighted by Gasteiger charge is -2.38. The third kappa shape index (κ3) is 3.84. The molecule has 1 N–H and O–H groups in total. The van der Waals surface area contributed by atoms with Crippen LogP contribution >= 0.6 is 0 Å². The maximum Gasteiger partial charge on any atom is 0.238 e. The van der Waals surface area contributed by atoms with Gasteiger partial charge in [0, 0.05) is 17.5 Å². The number of carbonyl (C=O) groups is 3. The predicted octanol–water partition coefficient (Wildman–Crippen LogP) is 5.88. The molecule has 0 radical (unpaired) electrons. The molecule has 0 bridgehead atoms. The molecular weight excluding hydrogens is 538 g/mol. The molecule has 4 atom stereocenters. The van der Waals surface area contributed by atoms with Crippen LogP contribution in [0.15, 0.2) is 103 Å². The molecule has 1 spiro atoms. The third-order valence-corrected chi connectivity index (χ3v) is 8.90. The van der Waals surface area contributed by atoms with E-state index in [-0.39, 0.29) is 35.4 Å². The smallest absolute Gasteiger partial charge is 0.238 e. The summed E-state index contributed by atoms with van der Waals surface area (Å²) >= 11 is 0. The van der Waals surface area contributed by atoms with Crippen LogP contribution in [0, 0.1) is 24.2 Å². The van der Waals surface area contributed by atoms with Gasteiger partial charge in [0.2, 0.25) is 5.91 Å². The number of aryl methyl sites for hydroxylation is 1. The standard InChI is InChI=1S/C36H27N3O4/c1-22-14-16-24(17-15-22)32(40)30-31(33(41)26-10-4-7-13-29(26)43-21-19-37)39-20-18-23-8-2-3-9-25(23)34(39)36(30)27-11-5-6-12-28(27)38-35(36)42/h2-18,20,30-31,34H,21H2,1H3,(H,38,42)/t30-,31-,34+,36+/m0/s1. The molecule has 4 aromatic rings. The van der Waals surface area contributed by atoms with Gasteiger partial charge in [-0.25, -0.2) is 0 Å². The van der Waals surface area contributed by atoms with Crippen molar-refractivity contribution in [3.63, 3.8) is 0 Å². The van der Waals surface area contributed by atoms with Crippen molar-refractivity contribution in [1.82, 2.24) is 4.90 Å². The molecule has 7 nitrogen and oxygen atoms in total. The molecule has 7 heteroatoms. The SMILES string of the molecule is Cc1ccc(C(=O)[C@@H]2[C@@H](C(=O)c3ccccc3OCC#N)N3C=Cc4ccccc4[C@@H]3[C@]23C(=O)Nc2ccccc23)cc1. The molecule has 4 aromatic carbocycles. The van der Waals surface area contributed by atoms with Crippen LogP contribution in [0.3, 0.4) is 0 Å². The van der Waals surface area contributed by atoms with E-state index in [0.717, 1.165) is 16.7 Å². The van der Waals surface area contributed by atoms with Gasteiger partial charge in [0.25, 0.3) is 0 Å². The number of fused-ring (bicyclic) bond motifs is 6. The van der Waals surface area contributed by atoms with Gasteiger partial charge in [-0.05, 0) is 47.9 Å². The van der Waals surface area contributed by atoms with Crippen molar-refractivity contribution in [2.75, 3.05) is 11.9 Å². The summed E-state index contributed by atoms with van der Waals surface area (Å²) in [5.41, 5.74) is 3.36. The molecule has 0 aromatic heterocycles. The molecule has 1 saturated heterocycles. The molecule has 3 heterocycles. The number of nitrogens with one attached hydrogen (secondary N) is 1. The van der Waals surface area contributed by atoms with Crippen LogP contribution < -0.4 is 10.1 Å². The summed E-state index contributed by atoms with van der Waals surface area (Å²) in [7, 11) is 0. The minimum Gasteiger partial charge on any atom is -0.478 e. The highest BCUT2D eigenvalue weighted by atomic mass is 16.5. The summed E-state index contributed by atoms with van der Waals surface area (Å²) < 4.78 is 5.66. The number of ketones is 2. The van der Waals surface area contributed by atoms with Crippen molar-refractivity contribution in [1.29, 1.82) is 5.26 Å². The summed E-state index contributed by atoms with van der Waals surface area (Å²) in [4.78, 5) is 46.2. The van der Waals surface area contributed by atoms with Gasteiger partial charge in [0.05, 0.1) is 17.5 Å². The van der Waals surface area contributed by atoms with Crippen molar-refractivity contribution < 1.29 is 19.1 Å². The molecule has 7 rings (SSSR count). The summed E-state index contributed by atoms with van der Waals surface area (Å²) in [5, 5.41) is 12.2. The first-order valence-electron chi connectivity index (χ1n) is 14.2. The van der Waals surface area contributed by atoms with Gasteiger partial charge in [0.15, 0.2) is 18.2 Å². The van der Waals surface area contributed by atoms with Gasteiger partial charge in [-0.15, -0.1) is 0 Å². The number of para-hydroxylation sites is 2. The van der Waals surface area contributed by atoms with Crippen LogP contribution in [0.25, 0.3) is 6.08 Å². The Morgan fingerprint density at radius 1 is 0.930 bits per heavy atom. The number of nitrogens with zero attached hydrogens (tertiary/aromatic N) is 2. The zero-order chi connectivity index (χ0) is 29.7. The fraction of sp³-hybridized carbons (Fsp3) is 0.167. The van der Waals surface area contributed by atoms with Crippen molar-refractivity contribution in [2.24, 2.45) is 5.92 Å². The summed E-state index contributed by atoms with van der Waals surface area (Å²) in [6.07, 6.45) is 3.77. The summed E-state index contributed by atoms with van der Waals surface area (Å²) in [6.45, 7) is 1.71. The second-order valence-corrected chi connectivity index (χ2v) is 11.1. The van der Waals surface area contributed by atoms with Crippen LogP contribution in [0.5, 0.6) is 5.75 Å². The summed E-state index contributed by atoms with van der Waals surface area (Å²) in [5.74, 6) is -1.80. The lowest BCUT2D eigenvalue weighted by atomic mass is 9.62. The number of anilines is 1. The lowest BCUT2D eigenvalue weighted by molar-refractivity contribution is -0.122. The average molecular weight is 566 g/mol. The Kier molecular flexibility index (Phi) is 6.21. The molecular formula is C36H27N3O4. The number of rotatable bonds is 6. The first-order valence-corrected chi connectivity index (χ1v) is 14.2. The minimum absolute atomic E-state index is 0.236. The molecule has 210 valence electrons. The molecule has 1 amide bonds. The highest BCUT2D eigenvalue weighted by Gasteiger charge is 2.70. The van der Waals surface area contributed by atoms with E-state index < -0.39 is 23.4 Å². The van der Waals surface area contributed by atoms with Gasteiger partial charge in [0.1, 0.15) is 23.3 Å². The van der Waals surface area contributed by atoms with E-state index in [1.807, 2.05) is 90.8 Å². The van der Waals surface area contributed by atoms with E-state index >= 15 is 0 Å². The number of hydrogen-bond acceptors (Lipinski definition) is 6. The fourth-order valence-corrected chi connectivity index (χ4v) is 7.13. The van der Waals surface area contributed by atoms with Crippen molar-refractivity contribution in [3.05, 3.63) is 137 Å². The molecule has 1 fully saturated rings. The van der Waals surface area contributed by atoms with E-state index in [4.69, 9.17) is 4.74 Å². The Morgan fingerprint density at radius 2 is 1.65 bits per heavy atom. The highest BCUT2D eigenvalue weighted by molar-refractivity contribution is 6.17. The zero-order valence-electron chi connectivity index (χ0n) is 23.4. The number of carbonyl (C=O) groups excluding carboxylic acids is 3. The number of amides is 1. The van der Waals surface area contributed by atoms with E-state index in [9.17, 15) is 19.6 Å². The normalized spacial score (nSPS) is 22.7. The van der Waals surface area contributed by atoms with Crippen LogP contribution in [0.1, 0.15) is 49.0 Å². The van der Waals surface area contributed by atoms with Gasteiger partial charge in [-0.1, -0.05) is 84.4 Å². The topological polar surface area (TPSA) is 99.5 Å². The van der Waals surface area contributed by atoms with Crippen LogP contribution in [-0.2, 0) is 10.2 Å². The molecule has 43 heavy (non-hydrogen) atoms. The second-order valence-electron chi connectivity index (χ2n) is 11.1. The Hall–Kier alpha value is -5.48. The van der Waals surface area contributed by atoms with E-state index in [1.54, 1.807) is 36.4 Å². The minimum atomic E-state index is -1.41. The first kappa shape index (κ1) is 26.4. The molecule has 0 saturated carbocycles. The van der Waals surface area contributed by atoms with Crippen molar-refractivity contribution in [3.8, 4) is 11.8 Å². The first-order chi connectivity index (χ1) is 21.0. The monoisotopic (exact) mass is 565 g/mol. The Morgan fingerprint density at radius 3 is 2.47 bits per heavy atom. The quantitative estimate of drug-likeness (QED) is 0.293. The number of nitriles is 1. The van der Waals surface area contributed by atoms with Gasteiger partial charge in [-0.3, -0.25) is 14.4 Å². The van der Waals surface area contributed by atoms with Crippen LogP contribution in [0.4, 0.5) is 5.69 Å². The number of Topliss-reactive ketones (excluding diaryl/α,β-unsaturated/α-hetero) is 2. The highest BCUT2D eigenvalue weighted by Crippen LogP contribution is 2.62. The largest absolute Gasteiger partial charge is 0.478 e.